The van der Waals surface area contributed by atoms with Gasteiger partial charge in [0.25, 0.3) is 0 Å². The van der Waals surface area contributed by atoms with E-state index in [-0.39, 0.29) is 6.61 Å². The number of rotatable bonds is 4. The fourth-order valence-corrected chi connectivity index (χ4v) is 2.83. The van der Waals surface area contributed by atoms with Crippen molar-refractivity contribution in [2.45, 2.75) is 6.61 Å². The zero-order valence-corrected chi connectivity index (χ0v) is 12.8. The Labute approximate surface area is 128 Å². The minimum Gasteiger partial charge on any atom is -0.493 e. The largest absolute Gasteiger partial charge is 0.493 e. The number of benzene rings is 3. The predicted molar refractivity (Wildman–Crippen MR) is 87.0 cm³/mol. The highest BCUT2D eigenvalue weighted by Gasteiger charge is 2.17. The topological polar surface area (TPSA) is 47.9 Å². The third-order valence-electron chi connectivity index (χ3n) is 3.87. The van der Waals surface area contributed by atoms with Crippen molar-refractivity contribution in [1.29, 1.82) is 0 Å². The van der Waals surface area contributed by atoms with Crippen molar-refractivity contribution in [3.05, 3.63) is 42.0 Å². The van der Waals surface area contributed by atoms with Crippen molar-refractivity contribution < 1.29 is 19.3 Å². The van der Waals surface area contributed by atoms with Crippen LogP contribution < -0.4 is 14.2 Å². The molecule has 0 saturated carbocycles. The van der Waals surface area contributed by atoms with Gasteiger partial charge >= 0.3 is 0 Å². The molecule has 0 heterocycles. The minimum absolute atomic E-state index is 0.00192. The van der Waals surface area contributed by atoms with Gasteiger partial charge in [0.15, 0.2) is 11.5 Å². The number of aliphatic hydroxyl groups is 1. The van der Waals surface area contributed by atoms with Crippen LogP contribution in [-0.4, -0.2) is 26.4 Å². The van der Waals surface area contributed by atoms with Crippen LogP contribution in [0.1, 0.15) is 5.56 Å². The highest BCUT2D eigenvalue weighted by molar-refractivity contribution is 6.12. The summed E-state index contributed by atoms with van der Waals surface area (Å²) in [4.78, 5) is 0. The monoisotopic (exact) mass is 298 g/mol. The van der Waals surface area contributed by atoms with E-state index in [0.29, 0.717) is 17.2 Å². The van der Waals surface area contributed by atoms with E-state index < -0.39 is 0 Å². The van der Waals surface area contributed by atoms with Crippen molar-refractivity contribution in [3.63, 3.8) is 0 Å². The van der Waals surface area contributed by atoms with Crippen LogP contribution in [0.4, 0.5) is 0 Å². The van der Waals surface area contributed by atoms with Gasteiger partial charge in [-0.1, -0.05) is 24.3 Å². The van der Waals surface area contributed by atoms with E-state index >= 15 is 0 Å². The molecule has 0 bridgehead atoms. The molecule has 4 heteroatoms. The minimum atomic E-state index is 0.00192. The first kappa shape index (κ1) is 14.5. The summed E-state index contributed by atoms with van der Waals surface area (Å²) in [6.45, 7) is 0.00192. The number of hydrogen-bond acceptors (Lipinski definition) is 4. The zero-order valence-electron chi connectivity index (χ0n) is 12.8. The molecule has 0 aliphatic rings. The third-order valence-corrected chi connectivity index (χ3v) is 3.87. The maximum Gasteiger partial charge on any atom is 0.203 e. The van der Waals surface area contributed by atoms with Crippen molar-refractivity contribution in [2.75, 3.05) is 21.3 Å². The SMILES string of the molecule is COc1cc2ccc3ccc(CO)cc3c2c(OC)c1OC. The Morgan fingerprint density at radius 2 is 1.50 bits per heavy atom. The summed E-state index contributed by atoms with van der Waals surface area (Å²) in [7, 11) is 4.82. The zero-order chi connectivity index (χ0) is 15.7. The van der Waals surface area contributed by atoms with Crippen LogP contribution in [0.2, 0.25) is 0 Å². The molecule has 0 spiro atoms. The van der Waals surface area contributed by atoms with Gasteiger partial charge in [0.05, 0.1) is 27.9 Å². The molecule has 4 nitrogen and oxygen atoms in total. The van der Waals surface area contributed by atoms with Crippen LogP contribution in [0.15, 0.2) is 36.4 Å². The third kappa shape index (κ3) is 2.12. The van der Waals surface area contributed by atoms with Gasteiger partial charge in [-0.15, -0.1) is 0 Å². The van der Waals surface area contributed by atoms with Crippen LogP contribution in [0, 0.1) is 0 Å². The summed E-state index contributed by atoms with van der Waals surface area (Å²) < 4.78 is 16.5. The van der Waals surface area contributed by atoms with Crippen LogP contribution in [0.5, 0.6) is 17.2 Å². The number of fused-ring (bicyclic) bond motifs is 3. The molecule has 0 aliphatic heterocycles. The molecule has 3 aromatic rings. The van der Waals surface area contributed by atoms with Gasteiger partial charge in [-0.3, -0.25) is 0 Å². The Bertz CT molecular complexity index is 839. The number of aliphatic hydroxyl groups excluding tert-OH is 1. The molecule has 0 atom stereocenters. The highest BCUT2D eigenvalue weighted by Crippen LogP contribution is 2.45. The molecular weight excluding hydrogens is 280 g/mol. The van der Waals surface area contributed by atoms with E-state index in [1.165, 1.54) is 0 Å². The second kappa shape index (κ2) is 5.73. The van der Waals surface area contributed by atoms with Crippen LogP contribution in [-0.2, 0) is 6.61 Å². The van der Waals surface area contributed by atoms with E-state index in [2.05, 4.69) is 0 Å². The van der Waals surface area contributed by atoms with Crippen molar-refractivity contribution in [2.24, 2.45) is 0 Å². The Balaban J connectivity index is 2.50. The Hall–Kier alpha value is -2.46. The molecule has 0 aromatic heterocycles. The predicted octanol–water partition coefficient (Wildman–Crippen LogP) is 3.51. The summed E-state index contributed by atoms with van der Waals surface area (Å²) in [5.74, 6) is 1.83. The van der Waals surface area contributed by atoms with E-state index in [1.54, 1.807) is 21.3 Å². The molecule has 0 amide bonds. The maximum absolute atomic E-state index is 9.40. The molecule has 114 valence electrons. The summed E-state index contributed by atoms with van der Waals surface area (Å²) in [5, 5.41) is 13.4. The first-order valence-corrected chi connectivity index (χ1v) is 6.98. The molecule has 0 fully saturated rings. The number of hydrogen-bond donors (Lipinski definition) is 1. The summed E-state index contributed by atoms with van der Waals surface area (Å²) >= 11 is 0. The quantitative estimate of drug-likeness (QED) is 0.749. The molecule has 0 aliphatic carbocycles. The van der Waals surface area contributed by atoms with Gasteiger partial charge in [-0.2, -0.15) is 0 Å². The van der Waals surface area contributed by atoms with E-state index in [9.17, 15) is 5.11 Å². The molecular formula is C18H18O4. The lowest BCUT2D eigenvalue weighted by Crippen LogP contribution is -1.96. The smallest absolute Gasteiger partial charge is 0.203 e. The van der Waals surface area contributed by atoms with Crippen molar-refractivity contribution in [1.82, 2.24) is 0 Å². The maximum atomic E-state index is 9.40. The summed E-state index contributed by atoms with van der Waals surface area (Å²) in [6, 6.07) is 11.9. The van der Waals surface area contributed by atoms with Gasteiger partial charge in [-0.25, -0.2) is 0 Å². The second-order valence-electron chi connectivity index (χ2n) is 5.02. The van der Waals surface area contributed by atoms with Gasteiger partial charge in [0, 0.05) is 5.39 Å². The lowest BCUT2D eigenvalue weighted by atomic mass is 9.98. The fourth-order valence-electron chi connectivity index (χ4n) is 2.83. The molecule has 3 rings (SSSR count). The molecule has 0 unspecified atom stereocenters. The van der Waals surface area contributed by atoms with Gasteiger partial charge in [0.2, 0.25) is 5.75 Å². The lowest BCUT2D eigenvalue weighted by molar-refractivity contribution is 0.282. The second-order valence-corrected chi connectivity index (χ2v) is 5.02. The van der Waals surface area contributed by atoms with E-state index in [1.807, 2.05) is 36.4 Å². The molecule has 22 heavy (non-hydrogen) atoms. The van der Waals surface area contributed by atoms with Gasteiger partial charge in [-0.05, 0) is 33.9 Å². The first-order chi connectivity index (χ1) is 10.7. The summed E-state index contributed by atoms with van der Waals surface area (Å²) in [6.07, 6.45) is 0. The van der Waals surface area contributed by atoms with Gasteiger partial charge < -0.3 is 19.3 Å². The van der Waals surface area contributed by atoms with Crippen LogP contribution in [0.3, 0.4) is 0 Å². The molecule has 0 radical (unpaired) electrons. The molecule has 0 saturated heterocycles. The molecule has 1 N–H and O–H groups in total. The van der Waals surface area contributed by atoms with Gasteiger partial charge in [0.1, 0.15) is 0 Å². The standard InChI is InChI=1S/C18H18O4/c1-20-15-9-13-7-6-12-5-4-11(10-19)8-14(12)16(13)18(22-3)17(15)21-2/h4-9,19H,10H2,1-3H3. The first-order valence-electron chi connectivity index (χ1n) is 6.98. The normalized spacial score (nSPS) is 10.9. The average molecular weight is 298 g/mol. The summed E-state index contributed by atoms with van der Waals surface area (Å²) in [5.41, 5.74) is 0.858. The van der Waals surface area contributed by atoms with Crippen LogP contribution >= 0.6 is 0 Å². The van der Waals surface area contributed by atoms with E-state index in [0.717, 1.165) is 27.1 Å². The van der Waals surface area contributed by atoms with Crippen molar-refractivity contribution >= 4 is 21.5 Å². The highest BCUT2D eigenvalue weighted by atomic mass is 16.5. The number of methoxy groups -OCH3 is 3. The lowest BCUT2D eigenvalue weighted by Gasteiger charge is -2.16. The Morgan fingerprint density at radius 1 is 0.818 bits per heavy atom. The van der Waals surface area contributed by atoms with Crippen LogP contribution in [0.25, 0.3) is 21.5 Å². The van der Waals surface area contributed by atoms with E-state index in [4.69, 9.17) is 14.2 Å². The Morgan fingerprint density at radius 3 is 2.14 bits per heavy atom. The Kier molecular flexibility index (Phi) is 3.77. The molecule has 3 aromatic carbocycles. The fraction of sp³-hybridized carbons (Fsp3) is 0.222. The van der Waals surface area contributed by atoms with Crippen molar-refractivity contribution in [3.8, 4) is 17.2 Å². The average Bonchev–Trinajstić information content (AvgIpc) is 2.58. The number of ether oxygens (including phenoxy) is 3.